The van der Waals surface area contributed by atoms with E-state index in [1.54, 1.807) is 7.05 Å². The van der Waals surface area contributed by atoms with Gasteiger partial charge in [-0.25, -0.2) is 0 Å². The first-order valence-electron chi connectivity index (χ1n) is 9.16. The summed E-state index contributed by atoms with van der Waals surface area (Å²) in [5.41, 5.74) is 1.33. The second-order valence-corrected chi connectivity index (χ2v) is 6.45. The summed E-state index contributed by atoms with van der Waals surface area (Å²) in [7, 11) is 1.79. The number of benzene rings is 1. The number of ether oxygens (including phenoxy) is 2. The van der Waals surface area contributed by atoms with Crippen LogP contribution in [-0.4, -0.2) is 70.5 Å². The molecule has 0 radical (unpaired) electrons. The molecule has 0 unspecified atom stereocenters. The average molecular weight is 348 g/mol. The van der Waals surface area contributed by atoms with Crippen molar-refractivity contribution >= 4 is 5.96 Å². The maximum Gasteiger partial charge on any atom is 0.191 e. The first-order valence-corrected chi connectivity index (χ1v) is 9.16. The highest BCUT2D eigenvalue weighted by molar-refractivity contribution is 5.79. The van der Waals surface area contributed by atoms with Crippen LogP contribution in [0.15, 0.2) is 29.3 Å². The Labute approximate surface area is 151 Å². The van der Waals surface area contributed by atoms with E-state index < -0.39 is 0 Å². The van der Waals surface area contributed by atoms with Gasteiger partial charge in [0.2, 0.25) is 0 Å². The van der Waals surface area contributed by atoms with Gasteiger partial charge in [-0.15, -0.1) is 0 Å². The third-order valence-corrected chi connectivity index (χ3v) is 4.26. The molecule has 6 heteroatoms. The summed E-state index contributed by atoms with van der Waals surface area (Å²) in [6.07, 6.45) is 0. The van der Waals surface area contributed by atoms with Crippen molar-refractivity contribution in [2.45, 2.75) is 19.8 Å². The lowest BCUT2D eigenvalue weighted by molar-refractivity contribution is 0.0389. The minimum Gasteiger partial charge on any atom is -0.492 e. The summed E-state index contributed by atoms with van der Waals surface area (Å²) < 4.78 is 11.1. The fourth-order valence-electron chi connectivity index (χ4n) is 2.67. The van der Waals surface area contributed by atoms with Crippen molar-refractivity contribution in [1.82, 2.24) is 15.5 Å². The minimum atomic E-state index is 0.544. The zero-order valence-corrected chi connectivity index (χ0v) is 15.8. The molecule has 6 nitrogen and oxygen atoms in total. The van der Waals surface area contributed by atoms with Crippen molar-refractivity contribution in [2.75, 3.05) is 59.6 Å². The highest BCUT2D eigenvalue weighted by Crippen LogP contribution is 2.18. The van der Waals surface area contributed by atoms with E-state index in [0.717, 1.165) is 51.1 Å². The monoisotopic (exact) mass is 348 g/mol. The SMILES string of the molecule is CN=C(NCCOc1ccc(C(C)C)cc1)NCCN1CCOCC1. The molecule has 1 fully saturated rings. The Morgan fingerprint density at radius 1 is 1.16 bits per heavy atom. The molecule has 0 bridgehead atoms. The molecule has 1 heterocycles. The van der Waals surface area contributed by atoms with Crippen LogP contribution in [0.2, 0.25) is 0 Å². The number of aliphatic imine (C=N–C) groups is 1. The van der Waals surface area contributed by atoms with Crippen molar-refractivity contribution in [2.24, 2.45) is 4.99 Å². The summed E-state index contributed by atoms with van der Waals surface area (Å²) >= 11 is 0. The van der Waals surface area contributed by atoms with Crippen LogP contribution in [0.3, 0.4) is 0 Å². The number of hydrogen-bond donors (Lipinski definition) is 2. The number of hydrogen-bond acceptors (Lipinski definition) is 4. The van der Waals surface area contributed by atoms with Gasteiger partial charge in [0.1, 0.15) is 12.4 Å². The van der Waals surface area contributed by atoms with Gasteiger partial charge in [-0.2, -0.15) is 0 Å². The maximum absolute atomic E-state index is 5.77. The number of nitrogens with one attached hydrogen (secondary N) is 2. The molecular formula is C19H32N4O2. The van der Waals surface area contributed by atoms with Gasteiger partial charge in [-0.05, 0) is 23.6 Å². The van der Waals surface area contributed by atoms with E-state index in [1.165, 1.54) is 5.56 Å². The normalized spacial score (nSPS) is 16.1. The van der Waals surface area contributed by atoms with Crippen molar-refractivity contribution in [3.8, 4) is 5.75 Å². The van der Waals surface area contributed by atoms with E-state index in [0.29, 0.717) is 19.1 Å². The largest absolute Gasteiger partial charge is 0.492 e. The maximum atomic E-state index is 5.77. The molecule has 0 saturated carbocycles. The second kappa shape index (κ2) is 10.9. The molecule has 140 valence electrons. The van der Waals surface area contributed by atoms with Crippen molar-refractivity contribution in [3.63, 3.8) is 0 Å². The van der Waals surface area contributed by atoms with Gasteiger partial charge in [0.25, 0.3) is 0 Å². The molecule has 0 aromatic heterocycles. The Bertz CT molecular complexity index is 511. The van der Waals surface area contributed by atoms with E-state index in [1.807, 2.05) is 12.1 Å². The van der Waals surface area contributed by atoms with Gasteiger partial charge in [0.15, 0.2) is 5.96 Å². The predicted molar refractivity (Wildman–Crippen MR) is 103 cm³/mol. The highest BCUT2D eigenvalue weighted by atomic mass is 16.5. The third kappa shape index (κ3) is 7.32. The lowest BCUT2D eigenvalue weighted by Crippen LogP contribution is -2.45. The standard InChI is InChI=1S/C19H32N4O2/c1-16(2)17-4-6-18(7-5-17)25-13-9-22-19(20-3)21-8-10-23-11-14-24-15-12-23/h4-7,16H,8-15H2,1-3H3,(H2,20,21,22). The van der Waals surface area contributed by atoms with Gasteiger partial charge in [-0.3, -0.25) is 9.89 Å². The molecule has 0 aliphatic carbocycles. The van der Waals surface area contributed by atoms with Crippen LogP contribution >= 0.6 is 0 Å². The molecule has 0 atom stereocenters. The number of rotatable bonds is 8. The first-order chi connectivity index (χ1) is 12.2. The van der Waals surface area contributed by atoms with Crippen LogP contribution in [0.1, 0.15) is 25.3 Å². The summed E-state index contributed by atoms with van der Waals surface area (Å²) in [5.74, 6) is 2.26. The van der Waals surface area contributed by atoms with Crippen molar-refractivity contribution in [3.05, 3.63) is 29.8 Å². The fourth-order valence-corrected chi connectivity index (χ4v) is 2.67. The van der Waals surface area contributed by atoms with Crippen LogP contribution in [0.5, 0.6) is 5.75 Å². The van der Waals surface area contributed by atoms with Gasteiger partial charge >= 0.3 is 0 Å². The minimum absolute atomic E-state index is 0.544. The van der Waals surface area contributed by atoms with Crippen molar-refractivity contribution < 1.29 is 9.47 Å². The fraction of sp³-hybridized carbons (Fsp3) is 0.632. The highest BCUT2D eigenvalue weighted by Gasteiger charge is 2.09. The number of guanidine groups is 1. The van der Waals surface area contributed by atoms with Crippen LogP contribution < -0.4 is 15.4 Å². The van der Waals surface area contributed by atoms with Gasteiger partial charge in [0, 0.05) is 33.2 Å². The molecule has 1 aromatic rings. The van der Waals surface area contributed by atoms with Crippen LogP contribution in [0.4, 0.5) is 0 Å². The summed E-state index contributed by atoms with van der Waals surface area (Å²) in [4.78, 5) is 6.64. The Kier molecular flexibility index (Phi) is 8.55. The molecular weight excluding hydrogens is 316 g/mol. The topological polar surface area (TPSA) is 58.1 Å². The zero-order chi connectivity index (χ0) is 17.9. The van der Waals surface area contributed by atoms with Crippen LogP contribution in [0.25, 0.3) is 0 Å². The average Bonchev–Trinajstić information content (AvgIpc) is 2.65. The summed E-state index contributed by atoms with van der Waals surface area (Å²) in [5, 5.41) is 6.61. The quantitative estimate of drug-likeness (QED) is 0.425. The Hall–Kier alpha value is -1.79. The molecule has 1 aliphatic heterocycles. The Morgan fingerprint density at radius 2 is 1.84 bits per heavy atom. The molecule has 2 rings (SSSR count). The number of nitrogens with zero attached hydrogens (tertiary/aromatic N) is 2. The Morgan fingerprint density at radius 3 is 2.48 bits per heavy atom. The smallest absolute Gasteiger partial charge is 0.191 e. The van der Waals surface area contributed by atoms with Gasteiger partial charge in [0.05, 0.1) is 19.8 Å². The molecule has 2 N–H and O–H groups in total. The molecule has 1 aliphatic rings. The van der Waals surface area contributed by atoms with E-state index >= 15 is 0 Å². The molecule has 1 aromatic carbocycles. The summed E-state index contributed by atoms with van der Waals surface area (Å²) in [6, 6.07) is 8.31. The van der Waals surface area contributed by atoms with Crippen LogP contribution in [-0.2, 0) is 4.74 Å². The van der Waals surface area contributed by atoms with Gasteiger partial charge in [-0.1, -0.05) is 26.0 Å². The predicted octanol–water partition coefficient (Wildman–Crippen LogP) is 1.69. The zero-order valence-electron chi connectivity index (χ0n) is 15.8. The molecule has 25 heavy (non-hydrogen) atoms. The lowest BCUT2D eigenvalue weighted by Gasteiger charge is -2.26. The van der Waals surface area contributed by atoms with Crippen molar-refractivity contribution in [1.29, 1.82) is 0 Å². The lowest BCUT2D eigenvalue weighted by atomic mass is 10.0. The van der Waals surface area contributed by atoms with E-state index in [2.05, 4.69) is 46.5 Å². The first kappa shape index (κ1) is 19.5. The molecule has 1 saturated heterocycles. The Balaban J connectivity index is 1.58. The molecule has 0 spiro atoms. The van der Waals surface area contributed by atoms with Gasteiger partial charge < -0.3 is 20.1 Å². The number of morpholine rings is 1. The third-order valence-electron chi connectivity index (χ3n) is 4.26. The molecule has 0 amide bonds. The van der Waals surface area contributed by atoms with Crippen LogP contribution in [0, 0.1) is 0 Å². The van der Waals surface area contributed by atoms with E-state index in [9.17, 15) is 0 Å². The summed E-state index contributed by atoms with van der Waals surface area (Å²) in [6.45, 7) is 11.3. The van der Waals surface area contributed by atoms with E-state index in [-0.39, 0.29) is 0 Å². The van der Waals surface area contributed by atoms with E-state index in [4.69, 9.17) is 9.47 Å². The second-order valence-electron chi connectivity index (χ2n) is 6.45.